The number of thiazole rings is 2. The van der Waals surface area contributed by atoms with E-state index in [-0.39, 0.29) is 65.3 Å². The minimum Gasteiger partial charge on any atom is -0.477 e. The number of hydrogen-bond donors (Lipinski definition) is 4. The summed E-state index contributed by atoms with van der Waals surface area (Å²) in [5.41, 5.74) is 0.413. The molecule has 16 heteroatoms. The molecule has 2 aromatic rings. The molecule has 3 aliphatic heterocycles. The maximum Gasteiger partial charge on any atom is 0.271 e. The van der Waals surface area contributed by atoms with Crippen molar-refractivity contribution in [2.75, 3.05) is 6.61 Å². The van der Waals surface area contributed by atoms with Crippen LogP contribution in [-0.4, -0.2) is 82.3 Å². The summed E-state index contributed by atoms with van der Waals surface area (Å²) in [5, 5.41) is 16.7. The standard InChI is InChI=1S/C35H50N8O6S2/c1-10-17(7)25-32-36-20(12-48-32)28(44)39-23(15(3)4)34-37-22(14-50-34)30(46)42-26(18(8)11-2)33-43-27(19(9)49-33)31(47)40-24(16(5)6)35-38-21(13-51-35)29(45)41-25/h13-20,23-27H,10-12H2,1-9H3,(H,39,44)(H,40,47)(H,41,45)(H,42,46)/t17-,18-,19+,20-,23+,24+,25-,26-,27?/m0/s1. The summed E-state index contributed by atoms with van der Waals surface area (Å²) in [5.74, 6) is -1.15. The third-order valence-electron chi connectivity index (χ3n) is 9.76. The van der Waals surface area contributed by atoms with Crippen LogP contribution in [0.2, 0.25) is 0 Å². The van der Waals surface area contributed by atoms with Gasteiger partial charge in [-0.15, -0.1) is 22.7 Å². The summed E-state index contributed by atoms with van der Waals surface area (Å²) < 4.78 is 12.1. The Morgan fingerprint density at radius 3 is 1.69 bits per heavy atom. The topological polar surface area (TPSA) is 185 Å². The molecular weight excluding hydrogens is 693 g/mol. The number of aromatic nitrogens is 2. The molecule has 0 saturated heterocycles. The van der Waals surface area contributed by atoms with Crippen LogP contribution in [0.25, 0.3) is 0 Å². The number of fused-ring (bicyclic) bond motifs is 6. The first-order chi connectivity index (χ1) is 24.2. The van der Waals surface area contributed by atoms with Crippen molar-refractivity contribution in [2.45, 2.75) is 118 Å². The van der Waals surface area contributed by atoms with Gasteiger partial charge in [0.05, 0.1) is 12.1 Å². The largest absolute Gasteiger partial charge is 0.477 e. The highest BCUT2D eigenvalue weighted by atomic mass is 32.1. The van der Waals surface area contributed by atoms with Crippen molar-refractivity contribution >= 4 is 58.1 Å². The molecule has 51 heavy (non-hydrogen) atoms. The number of carbonyl (C=O) groups excluding carboxylic acids is 4. The van der Waals surface area contributed by atoms with Gasteiger partial charge < -0.3 is 30.7 Å². The third kappa shape index (κ3) is 8.43. The predicted molar refractivity (Wildman–Crippen MR) is 196 cm³/mol. The molecule has 9 atom stereocenters. The average molecular weight is 743 g/mol. The van der Waals surface area contributed by atoms with Crippen LogP contribution in [0.4, 0.5) is 0 Å². The Balaban J connectivity index is 1.53. The fraction of sp³-hybridized carbons (Fsp3) is 0.657. The van der Waals surface area contributed by atoms with E-state index in [4.69, 9.17) is 14.5 Å². The Kier molecular flexibility index (Phi) is 12.2. The van der Waals surface area contributed by atoms with Gasteiger partial charge in [-0.3, -0.25) is 19.2 Å². The maximum atomic E-state index is 13.8. The van der Waals surface area contributed by atoms with Crippen LogP contribution in [-0.2, 0) is 19.1 Å². The minimum atomic E-state index is -0.855. The van der Waals surface area contributed by atoms with E-state index >= 15 is 0 Å². The zero-order valence-corrected chi connectivity index (χ0v) is 32.3. The maximum absolute atomic E-state index is 13.8. The first-order valence-corrected chi connectivity index (χ1v) is 19.6. The number of hydrogen-bond acceptors (Lipinski definition) is 12. The van der Waals surface area contributed by atoms with Crippen LogP contribution in [0.3, 0.4) is 0 Å². The number of nitrogens with zero attached hydrogens (tertiary/aromatic N) is 4. The monoisotopic (exact) mass is 742 g/mol. The number of carbonyl (C=O) groups is 4. The van der Waals surface area contributed by atoms with Gasteiger partial charge in [-0.05, 0) is 30.6 Å². The van der Waals surface area contributed by atoms with Crippen molar-refractivity contribution in [3.8, 4) is 0 Å². The molecule has 8 bridgehead atoms. The Labute approximate surface area is 307 Å². The summed E-state index contributed by atoms with van der Waals surface area (Å²) in [6.07, 6.45) is 0.849. The summed E-state index contributed by atoms with van der Waals surface area (Å²) in [6, 6.07) is -3.85. The number of ether oxygens (including phenoxy) is 2. The molecule has 4 N–H and O–H groups in total. The van der Waals surface area contributed by atoms with Crippen molar-refractivity contribution in [1.82, 2.24) is 31.2 Å². The molecule has 0 aliphatic carbocycles. The van der Waals surface area contributed by atoms with Crippen LogP contribution in [0, 0.1) is 23.7 Å². The molecular formula is C35H50N8O6S2. The van der Waals surface area contributed by atoms with Gasteiger partial charge in [0.1, 0.15) is 46.2 Å². The van der Waals surface area contributed by atoms with Crippen LogP contribution < -0.4 is 21.3 Å². The van der Waals surface area contributed by atoms with E-state index in [1.54, 1.807) is 17.7 Å². The quantitative estimate of drug-likeness (QED) is 0.339. The first kappa shape index (κ1) is 38.3. The molecule has 2 aromatic heterocycles. The lowest BCUT2D eigenvalue weighted by Crippen LogP contribution is -2.45. The highest BCUT2D eigenvalue weighted by molar-refractivity contribution is 7.10. The van der Waals surface area contributed by atoms with Crippen LogP contribution in [0.5, 0.6) is 0 Å². The van der Waals surface area contributed by atoms with Gasteiger partial charge in [0, 0.05) is 10.8 Å². The van der Waals surface area contributed by atoms with Gasteiger partial charge in [-0.25, -0.2) is 20.0 Å². The highest BCUT2D eigenvalue weighted by Gasteiger charge is 2.40. The summed E-state index contributed by atoms with van der Waals surface area (Å²) in [7, 11) is 0. The van der Waals surface area contributed by atoms with Gasteiger partial charge in [0.15, 0.2) is 12.1 Å². The van der Waals surface area contributed by atoms with Gasteiger partial charge in [-0.1, -0.05) is 68.2 Å². The van der Waals surface area contributed by atoms with E-state index in [9.17, 15) is 19.2 Å². The van der Waals surface area contributed by atoms with E-state index in [2.05, 4.69) is 36.2 Å². The second kappa shape index (κ2) is 16.2. The van der Waals surface area contributed by atoms with Crippen molar-refractivity contribution in [2.24, 2.45) is 33.7 Å². The van der Waals surface area contributed by atoms with Crippen molar-refractivity contribution in [1.29, 1.82) is 0 Å². The Morgan fingerprint density at radius 1 is 0.706 bits per heavy atom. The molecule has 0 aromatic carbocycles. The number of amides is 4. The lowest BCUT2D eigenvalue weighted by molar-refractivity contribution is -0.125. The van der Waals surface area contributed by atoms with E-state index < -0.39 is 54.2 Å². The second-order valence-corrected chi connectivity index (χ2v) is 16.1. The lowest BCUT2D eigenvalue weighted by Gasteiger charge is -2.24. The number of rotatable bonds is 6. The Bertz CT molecular complexity index is 1670. The molecule has 0 spiro atoms. The van der Waals surface area contributed by atoms with Crippen molar-refractivity contribution < 1.29 is 28.7 Å². The lowest BCUT2D eigenvalue weighted by atomic mass is 9.98. The van der Waals surface area contributed by atoms with E-state index in [0.717, 1.165) is 6.42 Å². The molecule has 14 nitrogen and oxygen atoms in total. The molecule has 3 aliphatic rings. The van der Waals surface area contributed by atoms with E-state index in [0.29, 0.717) is 16.4 Å². The Hall–Kier alpha value is -3.92. The van der Waals surface area contributed by atoms with Crippen molar-refractivity contribution in [3.05, 3.63) is 32.2 Å². The SMILES string of the molecule is CC[C@H](C)[C@@H]1NC(=O)c2csc(n2)[C@@H](C(C)C)NC(=O)C2N=C(O[C@@H]2C)[C@H]([C@@H](C)CC)NC(=O)c2csc(n2)[C@@H](C(C)C)NC(=O)[C@@H]2COC1=N2. The molecule has 4 amide bonds. The first-order valence-electron chi connectivity index (χ1n) is 17.8. The van der Waals surface area contributed by atoms with Gasteiger partial charge >= 0.3 is 0 Å². The molecule has 5 rings (SSSR count). The normalized spacial score (nSPS) is 28.7. The van der Waals surface area contributed by atoms with Crippen LogP contribution >= 0.6 is 22.7 Å². The summed E-state index contributed by atoms with van der Waals surface area (Å²) in [4.78, 5) is 73.2. The zero-order valence-electron chi connectivity index (χ0n) is 30.7. The molecule has 0 saturated carbocycles. The van der Waals surface area contributed by atoms with Gasteiger partial charge in [-0.2, -0.15) is 0 Å². The molecule has 1 unspecified atom stereocenters. The molecule has 0 radical (unpaired) electrons. The van der Waals surface area contributed by atoms with Crippen LogP contribution in [0.15, 0.2) is 20.7 Å². The second-order valence-electron chi connectivity index (χ2n) is 14.3. The molecule has 278 valence electrons. The average Bonchev–Trinajstić information content (AvgIpc) is 3.92. The Morgan fingerprint density at radius 2 is 1.20 bits per heavy atom. The summed E-state index contributed by atoms with van der Waals surface area (Å²) in [6.45, 7) is 17.6. The highest BCUT2D eigenvalue weighted by Crippen LogP contribution is 2.29. The number of aliphatic imine (C=N–C) groups is 2. The third-order valence-corrected chi connectivity index (χ3v) is 11.6. The van der Waals surface area contributed by atoms with Crippen molar-refractivity contribution in [3.63, 3.8) is 0 Å². The van der Waals surface area contributed by atoms with E-state index in [1.807, 2.05) is 55.4 Å². The minimum absolute atomic E-state index is 0.0273. The molecule has 0 fully saturated rings. The van der Waals surface area contributed by atoms with Gasteiger partial charge in [0.2, 0.25) is 23.6 Å². The summed E-state index contributed by atoms with van der Waals surface area (Å²) >= 11 is 2.57. The number of nitrogens with one attached hydrogen (secondary N) is 4. The van der Waals surface area contributed by atoms with Crippen LogP contribution in [0.1, 0.15) is 118 Å². The van der Waals surface area contributed by atoms with Gasteiger partial charge in [0.25, 0.3) is 11.8 Å². The zero-order chi connectivity index (χ0) is 37.1. The predicted octanol–water partition coefficient (Wildman–Crippen LogP) is 4.21. The molecule has 5 heterocycles. The fourth-order valence-corrected chi connectivity index (χ4v) is 8.07. The smallest absolute Gasteiger partial charge is 0.271 e. The fourth-order valence-electron chi connectivity index (χ4n) is 6.03. The van der Waals surface area contributed by atoms with E-state index in [1.165, 1.54) is 22.7 Å².